The molecule has 2 aromatic rings. The number of rotatable bonds is 5. The van der Waals surface area contributed by atoms with Gasteiger partial charge in [0, 0.05) is 15.4 Å². The van der Waals surface area contributed by atoms with E-state index in [-0.39, 0.29) is 11.9 Å². The number of nitrogens with one attached hydrogen (secondary N) is 1. The first-order valence-electron chi connectivity index (χ1n) is 6.33. The molecule has 0 aliphatic carbocycles. The third kappa shape index (κ3) is 3.65. The van der Waals surface area contributed by atoms with E-state index in [9.17, 15) is 4.39 Å². The lowest BCUT2D eigenvalue weighted by Crippen LogP contribution is -2.22. The summed E-state index contributed by atoms with van der Waals surface area (Å²) in [5.41, 5.74) is 2.20. The third-order valence-electron chi connectivity index (χ3n) is 3.15. The van der Waals surface area contributed by atoms with E-state index in [1.165, 1.54) is 10.9 Å². The molecule has 1 aromatic heterocycles. The standard InChI is InChI=1S/C15H17BrFNS/c1-3-18-14(15-13(16)6-7-19-15)9-11-8-12(17)5-4-10(11)2/h4-8,14,18H,3,9H2,1-2H3. The van der Waals surface area contributed by atoms with Crippen molar-refractivity contribution in [3.8, 4) is 0 Å². The largest absolute Gasteiger partial charge is 0.309 e. The fraction of sp³-hybridized carbons (Fsp3) is 0.333. The third-order valence-corrected chi connectivity index (χ3v) is 5.13. The maximum atomic E-state index is 13.4. The van der Waals surface area contributed by atoms with Crippen LogP contribution in [0.5, 0.6) is 0 Å². The fourth-order valence-electron chi connectivity index (χ4n) is 2.14. The van der Waals surface area contributed by atoms with Crippen LogP contribution in [0.3, 0.4) is 0 Å². The monoisotopic (exact) mass is 341 g/mol. The predicted octanol–water partition coefficient (Wildman–Crippen LogP) is 4.85. The van der Waals surface area contributed by atoms with E-state index in [1.54, 1.807) is 17.4 Å². The van der Waals surface area contributed by atoms with Gasteiger partial charge >= 0.3 is 0 Å². The molecule has 1 aromatic carbocycles. The molecule has 0 saturated carbocycles. The molecule has 1 unspecified atom stereocenters. The predicted molar refractivity (Wildman–Crippen MR) is 83.3 cm³/mol. The Morgan fingerprint density at radius 2 is 2.16 bits per heavy atom. The number of hydrogen-bond donors (Lipinski definition) is 1. The summed E-state index contributed by atoms with van der Waals surface area (Å²) in [5.74, 6) is -0.166. The van der Waals surface area contributed by atoms with Gasteiger partial charge in [-0.05, 0) is 70.5 Å². The Morgan fingerprint density at radius 1 is 1.37 bits per heavy atom. The Labute approximate surface area is 126 Å². The molecular weight excluding hydrogens is 325 g/mol. The van der Waals surface area contributed by atoms with E-state index in [0.29, 0.717) is 0 Å². The minimum atomic E-state index is -0.166. The van der Waals surface area contributed by atoms with Crippen molar-refractivity contribution in [2.45, 2.75) is 26.3 Å². The highest BCUT2D eigenvalue weighted by Gasteiger charge is 2.16. The molecule has 0 amide bonds. The van der Waals surface area contributed by atoms with E-state index in [4.69, 9.17) is 0 Å². The summed E-state index contributed by atoms with van der Waals surface area (Å²) in [6, 6.07) is 7.28. The van der Waals surface area contributed by atoms with Gasteiger partial charge in [-0.3, -0.25) is 0 Å². The van der Waals surface area contributed by atoms with Crippen molar-refractivity contribution >= 4 is 27.3 Å². The van der Waals surface area contributed by atoms with Crippen molar-refractivity contribution in [2.24, 2.45) is 0 Å². The Bertz CT molecular complexity index is 553. The smallest absolute Gasteiger partial charge is 0.123 e. The Morgan fingerprint density at radius 3 is 2.79 bits per heavy atom. The SMILES string of the molecule is CCNC(Cc1cc(F)ccc1C)c1sccc1Br. The summed E-state index contributed by atoms with van der Waals surface area (Å²) < 4.78 is 14.5. The number of aryl methyl sites for hydroxylation is 1. The van der Waals surface area contributed by atoms with Crippen LogP contribution in [0.25, 0.3) is 0 Å². The molecule has 0 bridgehead atoms. The molecule has 1 heterocycles. The van der Waals surface area contributed by atoms with E-state index in [2.05, 4.69) is 39.6 Å². The molecule has 19 heavy (non-hydrogen) atoms. The molecule has 102 valence electrons. The van der Waals surface area contributed by atoms with E-state index in [1.807, 2.05) is 13.0 Å². The lowest BCUT2D eigenvalue weighted by molar-refractivity contribution is 0.552. The van der Waals surface area contributed by atoms with E-state index < -0.39 is 0 Å². The summed E-state index contributed by atoms with van der Waals surface area (Å²) in [6.45, 7) is 5.01. The summed E-state index contributed by atoms with van der Waals surface area (Å²) >= 11 is 5.30. The zero-order valence-corrected chi connectivity index (χ0v) is 13.4. The topological polar surface area (TPSA) is 12.0 Å². The Kier molecular flexibility index (Phi) is 5.13. The maximum Gasteiger partial charge on any atom is 0.123 e. The number of likely N-dealkylation sites (N-methyl/N-ethyl adjacent to an activating group) is 1. The Balaban J connectivity index is 2.26. The van der Waals surface area contributed by atoms with Crippen molar-refractivity contribution in [1.29, 1.82) is 0 Å². The fourth-order valence-corrected chi connectivity index (χ4v) is 3.86. The Hall–Kier alpha value is -0.710. The van der Waals surface area contributed by atoms with Crippen molar-refractivity contribution in [2.75, 3.05) is 6.54 Å². The van der Waals surface area contributed by atoms with Crippen LogP contribution in [-0.4, -0.2) is 6.54 Å². The normalized spacial score (nSPS) is 12.6. The lowest BCUT2D eigenvalue weighted by atomic mass is 10.00. The van der Waals surface area contributed by atoms with Crippen LogP contribution in [0.1, 0.15) is 29.0 Å². The van der Waals surface area contributed by atoms with Crippen molar-refractivity contribution < 1.29 is 4.39 Å². The van der Waals surface area contributed by atoms with Gasteiger partial charge in [-0.25, -0.2) is 4.39 Å². The van der Waals surface area contributed by atoms with Crippen LogP contribution >= 0.6 is 27.3 Å². The van der Waals surface area contributed by atoms with Gasteiger partial charge in [0.15, 0.2) is 0 Å². The van der Waals surface area contributed by atoms with Crippen molar-refractivity contribution in [3.05, 3.63) is 55.9 Å². The quantitative estimate of drug-likeness (QED) is 0.819. The van der Waals surface area contributed by atoms with Crippen LogP contribution < -0.4 is 5.32 Å². The number of benzene rings is 1. The van der Waals surface area contributed by atoms with Crippen LogP contribution in [0.4, 0.5) is 4.39 Å². The van der Waals surface area contributed by atoms with Gasteiger partial charge in [0.05, 0.1) is 0 Å². The molecule has 1 N–H and O–H groups in total. The van der Waals surface area contributed by atoms with Gasteiger partial charge in [-0.1, -0.05) is 13.0 Å². The summed E-state index contributed by atoms with van der Waals surface area (Å²) in [4.78, 5) is 1.27. The zero-order valence-electron chi connectivity index (χ0n) is 11.0. The molecule has 1 nitrogen and oxygen atoms in total. The van der Waals surface area contributed by atoms with Gasteiger partial charge < -0.3 is 5.32 Å². The second-order valence-corrected chi connectivity index (χ2v) is 6.32. The van der Waals surface area contributed by atoms with Crippen molar-refractivity contribution in [3.63, 3.8) is 0 Å². The number of thiophene rings is 1. The average molecular weight is 342 g/mol. The molecule has 2 rings (SSSR count). The van der Waals surface area contributed by atoms with Crippen LogP contribution in [0.15, 0.2) is 34.1 Å². The molecule has 0 aliphatic rings. The van der Waals surface area contributed by atoms with Crippen LogP contribution in [-0.2, 0) is 6.42 Å². The number of hydrogen-bond acceptors (Lipinski definition) is 2. The first kappa shape index (κ1) is 14.7. The van der Waals surface area contributed by atoms with Gasteiger partial charge in [0.2, 0.25) is 0 Å². The molecular formula is C15H17BrFNS. The van der Waals surface area contributed by atoms with Gasteiger partial charge in [0.1, 0.15) is 5.82 Å². The highest BCUT2D eigenvalue weighted by atomic mass is 79.9. The van der Waals surface area contributed by atoms with Crippen LogP contribution in [0, 0.1) is 12.7 Å². The summed E-state index contributed by atoms with van der Waals surface area (Å²) in [7, 11) is 0. The first-order valence-corrected chi connectivity index (χ1v) is 8.00. The highest BCUT2D eigenvalue weighted by Crippen LogP contribution is 2.31. The maximum absolute atomic E-state index is 13.4. The zero-order chi connectivity index (χ0) is 13.8. The summed E-state index contributed by atoms with van der Waals surface area (Å²) in [6.07, 6.45) is 0.802. The van der Waals surface area contributed by atoms with Crippen LogP contribution in [0.2, 0.25) is 0 Å². The molecule has 0 spiro atoms. The second kappa shape index (κ2) is 6.64. The second-order valence-electron chi connectivity index (χ2n) is 4.52. The molecule has 0 fully saturated rings. The highest BCUT2D eigenvalue weighted by molar-refractivity contribution is 9.10. The first-order chi connectivity index (χ1) is 9.11. The molecule has 4 heteroatoms. The lowest BCUT2D eigenvalue weighted by Gasteiger charge is -2.18. The minimum absolute atomic E-state index is 0.166. The molecule has 0 aliphatic heterocycles. The van der Waals surface area contributed by atoms with E-state index in [0.717, 1.165) is 28.6 Å². The van der Waals surface area contributed by atoms with Gasteiger partial charge in [-0.15, -0.1) is 11.3 Å². The summed E-state index contributed by atoms with van der Waals surface area (Å²) in [5, 5.41) is 5.55. The van der Waals surface area contributed by atoms with Gasteiger partial charge in [0.25, 0.3) is 0 Å². The average Bonchev–Trinajstić information content (AvgIpc) is 2.79. The molecule has 1 atom stereocenters. The number of halogens is 2. The van der Waals surface area contributed by atoms with E-state index >= 15 is 0 Å². The molecule has 0 saturated heterocycles. The minimum Gasteiger partial charge on any atom is -0.309 e. The van der Waals surface area contributed by atoms with Gasteiger partial charge in [-0.2, -0.15) is 0 Å². The molecule has 0 radical (unpaired) electrons. The van der Waals surface area contributed by atoms with Crippen molar-refractivity contribution in [1.82, 2.24) is 5.32 Å².